The van der Waals surface area contributed by atoms with Gasteiger partial charge in [-0.2, -0.15) is 0 Å². The fourth-order valence-electron chi connectivity index (χ4n) is 3.34. The van der Waals surface area contributed by atoms with E-state index in [0.29, 0.717) is 19.7 Å². The van der Waals surface area contributed by atoms with Crippen LogP contribution in [0.5, 0.6) is 5.75 Å². The second-order valence-electron chi connectivity index (χ2n) is 6.81. The lowest BCUT2D eigenvalue weighted by Gasteiger charge is -2.34. The molecule has 6 nitrogen and oxygen atoms in total. The molecule has 0 aliphatic carbocycles. The molecule has 146 valence electrons. The number of aromatic nitrogens is 1. The molecule has 0 radical (unpaired) electrons. The van der Waals surface area contributed by atoms with Crippen molar-refractivity contribution < 1.29 is 9.53 Å². The summed E-state index contributed by atoms with van der Waals surface area (Å²) in [7, 11) is 0. The highest BCUT2D eigenvalue weighted by atomic mass is 32.1. The second kappa shape index (κ2) is 8.06. The first kappa shape index (κ1) is 18.6. The van der Waals surface area contributed by atoms with Gasteiger partial charge in [-0.05, 0) is 43.7 Å². The maximum Gasteiger partial charge on any atom is 0.321 e. The molecular formula is C21H24N4O2S. The molecule has 1 aliphatic heterocycles. The van der Waals surface area contributed by atoms with E-state index >= 15 is 0 Å². The summed E-state index contributed by atoms with van der Waals surface area (Å²) in [5, 5.41) is 3.98. The Morgan fingerprint density at radius 1 is 1.18 bits per heavy atom. The van der Waals surface area contributed by atoms with Gasteiger partial charge in [-0.3, -0.25) is 0 Å². The van der Waals surface area contributed by atoms with E-state index in [1.54, 1.807) is 11.3 Å². The Morgan fingerprint density at radius 2 is 1.96 bits per heavy atom. The predicted molar refractivity (Wildman–Crippen MR) is 115 cm³/mol. The molecule has 1 aliphatic rings. The van der Waals surface area contributed by atoms with Crippen molar-refractivity contribution in [2.24, 2.45) is 0 Å². The van der Waals surface area contributed by atoms with Crippen molar-refractivity contribution in [1.82, 2.24) is 9.88 Å². The van der Waals surface area contributed by atoms with Gasteiger partial charge < -0.3 is 19.9 Å². The van der Waals surface area contributed by atoms with Crippen LogP contribution in [0.1, 0.15) is 12.5 Å². The summed E-state index contributed by atoms with van der Waals surface area (Å²) in [6.07, 6.45) is 0. The van der Waals surface area contributed by atoms with Gasteiger partial charge in [0.15, 0.2) is 5.13 Å². The summed E-state index contributed by atoms with van der Waals surface area (Å²) in [6, 6.07) is 13.9. The molecule has 0 spiro atoms. The van der Waals surface area contributed by atoms with Crippen LogP contribution in [-0.4, -0.2) is 48.7 Å². The number of hydrogen-bond acceptors (Lipinski definition) is 5. The van der Waals surface area contributed by atoms with Crippen LogP contribution in [0.25, 0.3) is 10.2 Å². The third-order valence-corrected chi connectivity index (χ3v) is 5.86. The number of benzene rings is 2. The fourth-order valence-corrected chi connectivity index (χ4v) is 4.38. The maximum atomic E-state index is 12.5. The SMILES string of the molecule is CCOc1cccc2sc(N3CCN(C(=O)Nc4cccc(C)c4)CC3)nc12. The van der Waals surface area contributed by atoms with Crippen LogP contribution in [-0.2, 0) is 0 Å². The zero-order valence-corrected chi connectivity index (χ0v) is 17.0. The molecule has 0 atom stereocenters. The number of hydrogen-bond donors (Lipinski definition) is 1. The van der Waals surface area contributed by atoms with Crippen molar-refractivity contribution in [2.75, 3.05) is 43.0 Å². The van der Waals surface area contributed by atoms with Gasteiger partial charge in [-0.15, -0.1) is 0 Å². The van der Waals surface area contributed by atoms with Crippen LogP contribution >= 0.6 is 11.3 Å². The van der Waals surface area contributed by atoms with Gasteiger partial charge in [-0.1, -0.05) is 29.5 Å². The number of carbonyl (C=O) groups excluding carboxylic acids is 1. The van der Waals surface area contributed by atoms with E-state index in [4.69, 9.17) is 9.72 Å². The van der Waals surface area contributed by atoms with E-state index in [1.165, 1.54) is 0 Å². The molecule has 1 aromatic heterocycles. The summed E-state index contributed by atoms with van der Waals surface area (Å²) >= 11 is 1.67. The van der Waals surface area contributed by atoms with Gasteiger partial charge in [0.1, 0.15) is 11.3 Å². The molecule has 28 heavy (non-hydrogen) atoms. The molecule has 1 saturated heterocycles. The second-order valence-corrected chi connectivity index (χ2v) is 7.82. The van der Waals surface area contributed by atoms with Crippen LogP contribution in [0.4, 0.5) is 15.6 Å². The average molecular weight is 397 g/mol. The summed E-state index contributed by atoms with van der Waals surface area (Å²) in [5.41, 5.74) is 2.89. The lowest BCUT2D eigenvalue weighted by Crippen LogP contribution is -2.50. The van der Waals surface area contributed by atoms with Crippen molar-refractivity contribution in [3.05, 3.63) is 48.0 Å². The van der Waals surface area contributed by atoms with E-state index < -0.39 is 0 Å². The quantitative estimate of drug-likeness (QED) is 0.712. The first-order chi connectivity index (χ1) is 13.6. The molecule has 3 aromatic rings. The number of rotatable bonds is 4. The third-order valence-electron chi connectivity index (χ3n) is 4.78. The topological polar surface area (TPSA) is 57.7 Å². The van der Waals surface area contributed by atoms with Crippen molar-refractivity contribution in [1.29, 1.82) is 0 Å². The zero-order chi connectivity index (χ0) is 19.5. The predicted octanol–water partition coefficient (Wildman–Crippen LogP) is 4.36. The number of ether oxygens (including phenoxy) is 1. The third kappa shape index (κ3) is 3.89. The molecule has 0 bridgehead atoms. The number of carbonyl (C=O) groups is 1. The monoisotopic (exact) mass is 396 g/mol. The number of fused-ring (bicyclic) bond motifs is 1. The van der Waals surface area contributed by atoms with Crippen LogP contribution in [0.2, 0.25) is 0 Å². The normalized spacial score (nSPS) is 14.4. The van der Waals surface area contributed by atoms with Gasteiger partial charge in [0, 0.05) is 31.9 Å². The van der Waals surface area contributed by atoms with Gasteiger partial charge in [-0.25, -0.2) is 9.78 Å². The number of para-hydroxylation sites is 1. The smallest absolute Gasteiger partial charge is 0.321 e. The fraction of sp³-hybridized carbons (Fsp3) is 0.333. The first-order valence-electron chi connectivity index (χ1n) is 9.54. The largest absolute Gasteiger partial charge is 0.492 e. The lowest BCUT2D eigenvalue weighted by molar-refractivity contribution is 0.208. The first-order valence-corrected chi connectivity index (χ1v) is 10.4. The zero-order valence-electron chi connectivity index (χ0n) is 16.1. The molecule has 1 N–H and O–H groups in total. The highest BCUT2D eigenvalue weighted by molar-refractivity contribution is 7.22. The van der Waals surface area contributed by atoms with Crippen LogP contribution in [0.15, 0.2) is 42.5 Å². The summed E-state index contributed by atoms with van der Waals surface area (Å²) in [5.74, 6) is 0.832. The Hall–Kier alpha value is -2.80. The van der Waals surface area contributed by atoms with E-state index in [-0.39, 0.29) is 6.03 Å². The number of piperazine rings is 1. The molecule has 2 aromatic carbocycles. The van der Waals surface area contributed by atoms with E-state index in [2.05, 4.69) is 16.3 Å². The number of thiazole rings is 1. The molecule has 0 saturated carbocycles. The number of nitrogens with one attached hydrogen (secondary N) is 1. The Morgan fingerprint density at radius 3 is 2.71 bits per heavy atom. The summed E-state index contributed by atoms with van der Waals surface area (Å²) in [4.78, 5) is 21.5. The van der Waals surface area contributed by atoms with Crippen molar-refractivity contribution in [3.63, 3.8) is 0 Å². The highest BCUT2D eigenvalue weighted by Crippen LogP contribution is 2.34. The van der Waals surface area contributed by atoms with Gasteiger partial charge in [0.05, 0.1) is 11.3 Å². The number of anilines is 2. The van der Waals surface area contributed by atoms with Gasteiger partial charge in [0.25, 0.3) is 0 Å². The Balaban J connectivity index is 1.40. The van der Waals surface area contributed by atoms with Crippen LogP contribution < -0.4 is 15.0 Å². The van der Waals surface area contributed by atoms with Crippen molar-refractivity contribution >= 4 is 38.4 Å². The van der Waals surface area contributed by atoms with E-state index in [0.717, 1.165) is 45.4 Å². The minimum absolute atomic E-state index is 0.0480. The number of aryl methyl sites for hydroxylation is 1. The van der Waals surface area contributed by atoms with E-state index in [1.807, 2.05) is 55.1 Å². The number of amides is 2. The van der Waals surface area contributed by atoms with Crippen molar-refractivity contribution in [2.45, 2.75) is 13.8 Å². The molecule has 2 heterocycles. The molecule has 1 fully saturated rings. The summed E-state index contributed by atoms with van der Waals surface area (Å²) in [6.45, 7) is 7.51. The Bertz CT molecular complexity index is 979. The van der Waals surface area contributed by atoms with Crippen molar-refractivity contribution in [3.8, 4) is 5.75 Å². The molecule has 4 rings (SSSR count). The molecule has 7 heteroatoms. The van der Waals surface area contributed by atoms with Crippen LogP contribution in [0, 0.1) is 6.92 Å². The Kier molecular flexibility index (Phi) is 5.34. The standard InChI is InChI=1S/C21H24N4O2S/c1-3-27-17-8-5-9-18-19(17)23-21(28-18)25-12-10-24(11-13-25)20(26)22-16-7-4-6-15(2)14-16/h4-9,14H,3,10-13H2,1-2H3,(H,22,26). The molecular weight excluding hydrogens is 372 g/mol. The van der Waals surface area contributed by atoms with Gasteiger partial charge in [0.2, 0.25) is 0 Å². The van der Waals surface area contributed by atoms with Crippen LogP contribution in [0.3, 0.4) is 0 Å². The maximum absolute atomic E-state index is 12.5. The average Bonchev–Trinajstić information content (AvgIpc) is 3.14. The van der Waals surface area contributed by atoms with Gasteiger partial charge >= 0.3 is 6.03 Å². The minimum atomic E-state index is -0.0480. The summed E-state index contributed by atoms with van der Waals surface area (Å²) < 4.78 is 6.82. The number of nitrogens with zero attached hydrogens (tertiary/aromatic N) is 3. The number of urea groups is 1. The lowest BCUT2D eigenvalue weighted by atomic mass is 10.2. The van der Waals surface area contributed by atoms with E-state index in [9.17, 15) is 4.79 Å². The Labute approximate surface area is 168 Å². The minimum Gasteiger partial charge on any atom is -0.492 e. The molecule has 2 amide bonds. The highest BCUT2D eigenvalue weighted by Gasteiger charge is 2.23. The molecule has 0 unspecified atom stereocenters.